The Kier molecular flexibility index (Phi) is 3.90. The number of aromatic amines is 1. The largest absolute Gasteiger partial charge is 0.349 e. The number of imidazole rings is 1. The number of fused-ring (bicyclic) bond motifs is 4. The molecule has 2 aliphatic heterocycles. The number of hydrogen-bond acceptors (Lipinski definition) is 5. The van der Waals surface area contributed by atoms with Gasteiger partial charge in [0.1, 0.15) is 23.0 Å². The third-order valence-electron chi connectivity index (χ3n) is 7.11. The Bertz CT molecular complexity index is 1500. The van der Waals surface area contributed by atoms with Crippen LogP contribution in [0.4, 0.5) is 10.2 Å². The van der Waals surface area contributed by atoms with Gasteiger partial charge in [-0.05, 0) is 62.0 Å². The third kappa shape index (κ3) is 2.80. The number of hydrogen-bond donors (Lipinski definition) is 1. The highest BCUT2D eigenvalue weighted by atomic mass is 19.1. The first-order chi connectivity index (χ1) is 16.2. The van der Waals surface area contributed by atoms with Crippen molar-refractivity contribution in [3.8, 4) is 22.5 Å². The van der Waals surface area contributed by atoms with E-state index in [2.05, 4.69) is 32.9 Å². The van der Waals surface area contributed by atoms with Crippen LogP contribution in [-0.4, -0.2) is 61.7 Å². The molecule has 2 saturated heterocycles. The fourth-order valence-electron chi connectivity index (χ4n) is 5.44. The molecule has 0 amide bonds. The van der Waals surface area contributed by atoms with Crippen LogP contribution in [0, 0.1) is 5.82 Å². The lowest BCUT2D eigenvalue weighted by atomic mass is 10.0. The molecule has 7 nitrogen and oxygen atoms in total. The molecule has 7 rings (SSSR count). The fourth-order valence-corrected chi connectivity index (χ4v) is 5.44. The summed E-state index contributed by atoms with van der Waals surface area (Å²) in [5, 5.41) is 6.09. The van der Waals surface area contributed by atoms with Crippen LogP contribution in [0.25, 0.3) is 39.2 Å². The second-order valence-electron chi connectivity index (χ2n) is 9.01. The van der Waals surface area contributed by atoms with Gasteiger partial charge in [-0.2, -0.15) is 0 Å². The van der Waals surface area contributed by atoms with Crippen LogP contribution in [-0.2, 0) is 0 Å². The van der Waals surface area contributed by atoms with Gasteiger partial charge in [-0.15, -0.1) is 5.10 Å². The zero-order valence-electron chi connectivity index (χ0n) is 18.1. The van der Waals surface area contributed by atoms with Crippen LogP contribution in [0.15, 0.2) is 60.9 Å². The molecule has 164 valence electrons. The molecule has 1 N–H and O–H groups in total. The summed E-state index contributed by atoms with van der Waals surface area (Å²) in [6, 6.07) is 15.7. The van der Waals surface area contributed by atoms with Crippen molar-refractivity contribution in [1.29, 1.82) is 0 Å². The number of halogens is 1. The van der Waals surface area contributed by atoms with E-state index in [0.717, 1.165) is 58.1 Å². The van der Waals surface area contributed by atoms with E-state index in [4.69, 9.17) is 10.1 Å². The van der Waals surface area contributed by atoms with E-state index in [1.165, 1.54) is 18.6 Å². The monoisotopic (exact) mass is 439 g/mol. The number of nitrogens with one attached hydrogen (secondary N) is 1. The molecule has 0 aliphatic carbocycles. The molecular formula is C25H22FN7. The van der Waals surface area contributed by atoms with Crippen LogP contribution < -0.4 is 4.90 Å². The summed E-state index contributed by atoms with van der Waals surface area (Å²) < 4.78 is 15.6. The number of likely N-dealkylation sites (tertiary alicyclic amines) is 1. The van der Waals surface area contributed by atoms with E-state index >= 15 is 0 Å². The molecular weight excluding hydrogens is 417 g/mol. The number of piperazine rings is 1. The number of H-pyrrole nitrogens is 1. The number of rotatable bonds is 3. The van der Waals surface area contributed by atoms with E-state index in [0.29, 0.717) is 12.1 Å². The van der Waals surface area contributed by atoms with Crippen molar-refractivity contribution in [2.24, 2.45) is 0 Å². The number of anilines is 1. The van der Waals surface area contributed by atoms with E-state index in [1.54, 1.807) is 18.3 Å². The summed E-state index contributed by atoms with van der Waals surface area (Å²) in [4.78, 5) is 17.4. The van der Waals surface area contributed by atoms with Gasteiger partial charge >= 0.3 is 0 Å². The first kappa shape index (κ1) is 18.8. The molecule has 4 aromatic heterocycles. The average molecular weight is 439 g/mol. The van der Waals surface area contributed by atoms with Crippen LogP contribution in [0.1, 0.15) is 6.42 Å². The summed E-state index contributed by atoms with van der Waals surface area (Å²) in [5.41, 5.74) is 5.06. The molecule has 2 aliphatic rings. The van der Waals surface area contributed by atoms with Crippen LogP contribution in [0.5, 0.6) is 0 Å². The molecule has 0 unspecified atom stereocenters. The highest BCUT2D eigenvalue weighted by molar-refractivity contribution is 5.96. The summed E-state index contributed by atoms with van der Waals surface area (Å²) in [6.07, 6.45) is 4.86. The van der Waals surface area contributed by atoms with Gasteiger partial charge in [-0.25, -0.2) is 18.9 Å². The van der Waals surface area contributed by atoms with Gasteiger partial charge in [0.05, 0.1) is 5.69 Å². The molecule has 1 aromatic carbocycles. The highest BCUT2D eigenvalue weighted by Crippen LogP contribution is 2.37. The minimum absolute atomic E-state index is 0.268. The molecule has 33 heavy (non-hydrogen) atoms. The molecule has 5 aromatic rings. The third-order valence-corrected chi connectivity index (χ3v) is 7.11. The first-order valence-electron chi connectivity index (χ1n) is 11.2. The molecule has 2 bridgehead atoms. The molecule has 0 radical (unpaired) electrons. The number of benzene rings is 1. The number of nitrogens with zero attached hydrogens (tertiary/aromatic N) is 6. The van der Waals surface area contributed by atoms with Crippen LogP contribution >= 0.6 is 0 Å². The van der Waals surface area contributed by atoms with Gasteiger partial charge in [-0.1, -0.05) is 0 Å². The van der Waals surface area contributed by atoms with Crippen molar-refractivity contribution in [2.45, 2.75) is 18.5 Å². The van der Waals surface area contributed by atoms with Crippen molar-refractivity contribution in [1.82, 2.24) is 29.5 Å². The van der Waals surface area contributed by atoms with Gasteiger partial charge in [0.15, 0.2) is 5.65 Å². The Morgan fingerprint density at radius 3 is 2.67 bits per heavy atom. The van der Waals surface area contributed by atoms with Crippen molar-refractivity contribution < 1.29 is 4.39 Å². The molecule has 0 saturated carbocycles. The van der Waals surface area contributed by atoms with Crippen LogP contribution in [0.2, 0.25) is 0 Å². The summed E-state index contributed by atoms with van der Waals surface area (Å²) in [5.74, 6) is 0.697. The zero-order valence-corrected chi connectivity index (χ0v) is 18.1. The highest BCUT2D eigenvalue weighted by Gasteiger charge is 2.42. The molecule has 8 heteroatoms. The SMILES string of the molecule is CN1C[C@@H]2C[C@H]1CN2c1ccc2nc(-c3ccc(F)cc3)c(-c3ccnc4[nH]ccc34)n2n1. The smallest absolute Gasteiger partial charge is 0.155 e. The predicted molar refractivity (Wildman–Crippen MR) is 126 cm³/mol. The van der Waals surface area contributed by atoms with Crippen molar-refractivity contribution >= 4 is 22.5 Å². The number of likely N-dealkylation sites (N-methyl/N-ethyl adjacent to an activating group) is 1. The lowest BCUT2D eigenvalue weighted by molar-refractivity contribution is 0.292. The standard InChI is InChI=1S/C25H22FN7/c1-31-13-18-12-17(31)14-32(18)22-7-6-21-29-23(15-2-4-16(26)5-3-15)24(33(21)30-22)19-8-10-27-25-20(19)9-11-28-25/h2-11,17-18H,12-14H2,1H3,(H,27,28)/t17-,18-/m0/s1. The minimum atomic E-state index is -0.268. The van der Waals surface area contributed by atoms with Gasteiger partial charge < -0.3 is 9.88 Å². The topological polar surface area (TPSA) is 65.4 Å². The summed E-state index contributed by atoms with van der Waals surface area (Å²) in [7, 11) is 2.20. The van der Waals surface area contributed by atoms with Crippen molar-refractivity contribution in [3.05, 3.63) is 66.7 Å². The molecule has 2 fully saturated rings. The molecule has 2 atom stereocenters. The second-order valence-corrected chi connectivity index (χ2v) is 9.01. The average Bonchev–Trinajstić information content (AvgIpc) is 3.60. The Morgan fingerprint density at radius 1 is 1.00 bits per heavy atom. The lowest BCUT2D eigenvalue weighted by Gasteiger charge is -2.32. The Labute approximate surface area is 189 Å². The fraction of sp³-hybridized carbons (Fsp3) is 0.240. The Balaban J connectivity index is 1.46. The van der Waals surface area contributed by atoms with Gasteiger partial charge in [0, 0.05) is 54.1 Å². The maximum Gasteiger partial charge on any atom is 0.155 e. The van der Waals surface area contributed by atoms with Gasteiger partial charge in [0.25, 0.3) is 0 Å². The predicted octanol–water partition coefficient (Wildman–Crippen LogP) is 3.97. The minimum Gasteiger partial charge on any atom is -0.349 e. The zero-order chi connectivity index (χ0) is 22.1. The van der Waals surface area contributed by atoms with E-state index in [-0.39, 0.29) is 5.82 Å². The van der Waals surface area contributed by atoms with Crippen molar-refractivity contribution in [3.63, 3.8) is 0 Å². The molecule has 6 heterocycles. The Hall–Kier alpha value is -3.78. The van der Waals surface area contributed by atoms with E-state index < -0.39 is 0 Å². The summed E-state index contributed by atoms with van der Waals surface area (Å²) in [6.45, 7) is 2.06. The Morgan fingerprint density at radius 2 is 1.88 bits per heavy atom. The maximum atomic E-state index is 13.7. The number of pyridine rings is 1. The summed E-state index contributed by atoms with van der Waals surface area (Å²) >= 11 is 0. The first-order valence-corrected chi connectivity index (χ1v) is 11.2. The maximum absolute atomic E-state index is 13.7. The van der Waals surface area contributed by atoms with Gasteiger partial charge in [-0.3, -0.25) is 4.90 Å². The van der Waals surface area contributed by atoms with E-state index in [1.807, 2.05) is 28.9 Å². The van der Waals surface area contributed by atoms with Crippen LogP contribution in [0.3, 0.4) is 0 Å². The van der Waals surface area contributed by atoms with E-state index in [9.17, 15) is 4.39 Å². The quantitative estimate of drug-likeness (QED) is 0.461. The van der Waals surface area contributed by atoms with Gasteiger partial charge in [0.2, 0.25) is 0 Å². The number of aromatic nitrogens is 5. The van der Waals surface area contributed by atoms with Crippen molar-refractivity contribution in [2.75, 3.05) is 25.0 Å². The normalized spacial score (nSPS) is 20.5. The molecule has 0 spiro atoms. The second kappa shape index (κ2) is 6.86. The lowest BCUT2D eigenvalue weighted by Crippen LogP contribution is -2.45.